The molecule has 2 saturated carbocycles. The Hall–Kier alpha value is -1.38. The first kappa shape index (κ1) is 21.3. The highest BCUT2D eigenvalue weighted by Crippen LogP contribution is 2.50. The minimum absolute atomic E-state index is 0.0244. The second-order valence-electron chi connectivity index (χ2n) is 10.3. The van der Waals surface area contributed by atoms with E-state index in [1.807, 2.05) is 0 Å². The van der Waals surface area contributed by atoms with Gasteiger partial charge in [-0.25, -0.2) is 0 Å². The molecule has 2 aliphatic carbocycles. The van der Waals surface area contributed by atoms with Gasteiger partial charge in [0.25, 0.3) is 0 Å². The number of rotatable bonds is 13. The van der Waals surface area contributed by atoms with Crippen molar-refractivity contribution in [3.63, 3.8) is 0 Å². The van der Waals surface area contributed by atoms with E-state index in [1.54, 1.807) is 0 Å². The van der Waals surface area contributed by atoms with E-state index in [0.29, 0.717) is 10.8 Å². The molecule has 0 atom stereocenters. The molecule has 2 aliphatic rings. The third-order valence-electron chi connectivity index (χ3n) is 7.35. The fraction of sp³-hybridized carbons (Fsp3) is 0.760. The largest absolute Gasteiger partial charge is 0.508 e. The highest BCUT2D eigenvalue weighted by atomic mass is 16.3. The van der Waals surface area contributed by atoms with Crippen LogP contribution in [0.25, 0.3) is 0 Å². The zero-order valence-corrected chi connectivity index (χ0v) is 18.0. The van der Waals surface area contributed by atoms with Gasteiger partial charge in [-0.1, -0.05) is 46.0 Å². The molecule has 1 aromatic carbocycles. The number of aromatic hydroxyl groups is 3. The maximum absolute atomic E-state index is 10.4. The van der Waals surface area contributed by atoms with Gasteiger partial charge in [0.05, 0.1) is 0 Å². The molecular formula is C25H40O3. The average Bonchev–Trinajstić information content (AvgIpc) is 3.56. The van der Waals surface area contributed by atoms with Gasteiger partial charge in [0, 0.05) is 17.2 Å². The molecule has 3 N–H and O–H groups in total. The van der Waals surface area contributed by atoms with Crippen molar-refractivity contribution in [3.05, 3.63) is 17.2 Å². The minimum Gasteiger partial charge on any atom is -0.508 e. The zero-order chi connectivity index (χ0) is 20.2. The molecule has 3 rings (SSSR count). The van der Waals surface area contributed by atoms with Gasteiger partial charge in [-0.3, -0.25) is 0 Å². The first-order valence-electron chi connectivity index (χ1n) is 11.6. The molecule has 0 aromatic heterocycles. The fourth-order valence-corrected chi connectivity index (χ4v) is 4.45. The summed E-state index contributed by atoms with van der Waals surface area (Å²) < 4.78 is 0. The van der Waals surface area contributed by atoms with E-state index in [2.05, 4.69) is 13.8 Å². The number of unbranched alkanes of at least 4 members (excludes halogenated alkanes) is 5. The minimum atomic E-state index is -0.195. The Balaban J connectivity index is 1.45. The van der Waals surface area contributed by atoms with E-state index < -0.39 is 0 Å². The highest BCUT2D eigenvalue weighted by Gasteiger charge is 2.36. The van der Waals surface area contributed by atoms with E-state index in [0.717, 1.165) is 49.7 Å². The van der Waals surface area contributed by atoms with Crippen LogP contribution >= 0.6 is 0 Å². The lowest BCUT2D eigenvalue weighted by atomic mass is 9.93. The van der Waals surface area contributed by atoms with Gasteiger partial charge in [-0.05, 0) is 75.0 Å². The standard InChI is InChI=1S/C25H40O3/c1-24(14-15-24)12-8-4-3-6-10-19-20(23(28)22(27)18-21(19)26)11-7-5-9-13-25(2)16-17-25/h18,26-28H,3-17H2,1-2H3. The molecule has 158 valence electrons. The molecule has 0 aliphatic heterocycles. The van der Waals surface area contributed by atoms with E-state index in [4.69, 9.17) is 0 Å². The lowest BCUT2D eigenvalue weighted by Crippen LogP contribution is -1.99. The average molecular weight is 389 g/mol. The van der Waals surface area contributed by atoms with Crippen molar-refractivity contribution in [1.29, 1.82) is 0 Å². The fourth-order valence-electron chi connectivity index (χ4n) is 4.45. The van der Waals surface area contributed by atoms with Gasteiger partial charge >= 0.3 is 0 Å². The summed E-state index contributed by atoms with van der Waals surface area (Å²) in [6.45, 7) is 4.76. The second kappa shape index (κ2) is 8.97. The molecule has 1 aromatic rings. The third kappa shape index (κ3) is 6.06. The topological polar surface area (TPSA) is 60.7 Å². The van der Waals surface area contributed by atoms with Crippen LogP contribution in [0.15, 0.2) is 6.07 Å². The summed E-state index contributed by atoms with van der Waals surface area (Å²) in [5, 5.41) is 30.7. The first-order valence-corrected chi connectivity index (χ1v) is 11.6. The van der Waals surface area contributed by atoms with Gasteiger partial charge in [-0.15, -0.1) is 0 Å². The number of hydrogen-bond donors (Lipinski definition) is 3. The van der Waals surface area contributed by atoms with Crippen LogP contribution in [0.5, 0.6) is 17.2 Å². The van der Waals surface area contributed by atoms with Gasteiger partial charge < -0.3 is 15.3 Å². The molecular weight excluding hydrogens is 348 g/mol. The van der Waals surface area contributed by atoms with Gasteiger partial charge in [-0.2, -0.15) is 0 Å². The summed E-state index contributed by atoms with van der Waals surface area (Å²) in [6.07, 6.45) is 17.8. The van der Waals surface area contributed by atoms with Crippen LogP contribution in [0.2, 0.25) is 0 Å². The number of phenolic OH excluding ortho intramolecular Hbond substituents is 3. The number of benzene rings is 1. The van der Waals surface area contributed by atoms with Crippen molar-refractivity contribution in [2.24, 2.45) is 10.8 Å². The summed E-state index contributed by atoms with van der Waals surface area (Å²) in [5.41, 5.74) is 2.86. The molecule has 0 bridgehead atoms. The van der Waals surface area contributed by atoms with Crippen LogP contribution in [0.3, 0.4) is 0 Å². The maximum atomic E-state index is 10.4. The normalized spacial score (nSPS) is 18.9. The van der Waals surface area contributed by atoms with Crippen LogP contribution < -0.4 is 0 Å². The van der Waals surface area contributed by atoms with Crippen LogP contribution in [-0.2, 0) is 12.8 Å². The summed E-state index contributed by atoms with van der Waals surface area (Å²) in [7, 11) is 0. The molecule has 0 heterocycles. The summed E-state index contributed by atoms with van der Waals surface area (Å²) in [5.74, 6) is -0.0793. The van der Waals surface area contributed by atoms with Crippen molar-refractivity contribution in [2.75, 3.05) is 0 Å². The highest BCUT2D eigenvalue weighted by molar-refractivity contribution is 5.55. The SMILES string of the molecule is CC1(CCCCCCc2c(O)cc(O)c(O)c2CCCCCC2(C)CC2)CC1. The predicted octanol–water partition coefficient (Wildman–Crippen LogP) is 7.00. The molecule has 0 radical (unpaired) electrons. The van der Waals surface area contributed by atoms with Crippen molar-refractivity contribution in [1.82, 2.24) is 0 Å². The smallest absolute Gasteiger partial charge is 0.161 e. The summed E-state index contributed by atoms with van der Waals surface area (Å²) >= 11 is 0. The maximum Gasteiger partial charge on any atom is 0.161 e. The third-order valence-corrected chi connectivity index (χ3v) is 7.35. The molecule has 2 fully saturated rings. The molecule has 0 spiro atoms. The van der Waals surface area contributed by atoms with Crippen LogP contribution in [0.1, 0.15) is 108 Å². The summed E-state index contributed by atoms with van der Waals surface area (Å²) in [4.78, 5) is 0. The predicted molar refractivity (Wildman–Crippen MR) is 115 cm³/mol. The first-order chi connectivity index (χ1) is 13.3. The number of phenols is 3. The van der Waals surface area contributed by atoms with Crippen LogP contribution in [-0.4, -0.2) is 15.3 Å². The molecule has 0 saturated heterocycles. The van der Waals surface area contributed by atoms with Crippen LogP contribution in [0.4, 0.5) is 0 Å². The Kier molecular flexibility index (Phi) is 6.83. The Labute approximate surface area is 171 Å². The molecule has 3 heteroatoms. The van der Waals surface area contributed by atoms with Crippen molar-refractivity contribution in [2.45, 2.75) is 110 Å². The van der Waals surface area contributed by atoms with Crippen molar-refractivity contribution >= 4 is 0 Å². The Morgan fingerprint density at radius 2 is 1.11 bits per heavy atom. The lowest BCUT2D eigenvalue weighted by Gasteiger charge is -2.15. The lowest BCUT2D eigenvalue weighted by molar-refractivity contribution is 0.387. The van der Waals surface area contributed by atoms with Crippen LogP contribution in [0, 0.1) is 10.8 Å². The molecule has 0 amide bonds. The Morgan fingerprint density at radius 1 is 0.643 bits per heavy atom. The van der Waals surface area contributed by atoms with E-state index in [9.17, 15) is 15.3 Å². The van der Waals surface area contributed by atoms with Gasteiger partial charge in [0.1, 0.15) is 5.75 Å². The van der Waals surface area contributed by atoms with E-state index in [-0.39, 0.29) is 17.2 Å². The van der Waals surface area contributed by atoms with E-state index >= 15 is 0 Å². The van der Waals surface area contributed by atoms with Crippen molar-refractivity contribution < 1.29 is 15.3 Å². The number of hydrogen-bond acceptors (Lipinski definition) is 3. The Bertz CT molecular complexity index is 656. The van der Waals surface area contributed by atoms with Gasteiger partial charge in [0.2, 0.25) is 0 Å². The molecule has 3 nitrogen and oxygen atoms in total. The quantitative estimate of drug-likeness (QED) is 0.194. The monoisotopic (exact) mass is 388 g/mol. The molecule has 28 heavy (non-hydrogen) atoms. The summed E-state index contributed by atoms with van der Waals surface area (Å²) in [6, 6.07) is 1.30. The van der Waals surface area contributed by atoms with E-state index in [1.165, 1.54) is 63.9 Å². The Morgan fingerprint density at radius 3 is 1.64 bits per heavy atom. The van der Waals surface area contributed by atoms with Crippen molar-refractivity contribution in [3.8, 4) is 17.2 Å². The van der Waals surface area contributed by atoms with Gasteiger partial charge in [0.15, 0.2) is 11.5 Å². The zero-order valence-electron chi connectivity index (χ0n) is 18.0. The molecule has 0 unspecified atom stereocenters. The second-order valence-corrected chi connectivity index (χ2v) is 10.3.